The average Bonchev–Trinajstić information content (AvgIpc) is 2.66. The Bertz CT molecular complexity index is 809. The van der Waals surface area contributed by atoms with Crippen molar-refractivity contribution in [3.05, 3.63) is 95.6 Å². The molecule has 0 N–H and O–H groups in total. The van der Waals surface area contributed by atoms with Crippen molar-refractivity contribution >= 4 is 6.21 Å². The van der Waals surface area contributed by atoms with Crippen LogP contribution in [0.15, 0.2) is 84.0 Å². The highest BCUT2D eigenvalue weighted by atomic mass is 16.6. The Balaban J connectivity index is 1.68. The van der Waals surface area contributed by atoms with E-state index in [0.717, 1.165) is 17.5 Å². The fourth-order valence-corrected chi connectivity index (χ4v) is 2.59. The number of hydrogen-bond donors (Lipinski definition) is 0. The van der Waals surface area contributed by atoms with Crippen LogP contribution in [0.25, 0.3) is 11.1 Å². The molecule has 0 aliphatic rings. The standard InChI is InChI=1S/C22H20NO/c1-2-18-9-8-10-19(15-18)16-23-24-17-21-13-6-7-14-22(21)20-11-4-3-5-12-20/h3-15H,2,17H2,1H3. The summed E-state index contributed by atoms with van der Waals surface area (Å²) in [4.78, 5) is 5.47. The molecule has 0 aliphatic heterocycles. The predicted molar refractivity (Wildman–Crippen MR) is 99.0 cm³/mol. The van der Waals surface area contributed by atoms with E-state index in [1.807, 2.05) is 42.5 Å². The van der Waals surface area contributed by atoms with Crippen molar-refractivity contribution < 1.29 is 4.84 Å². The SMILES string of the molecule is CCc1cccc(/[C]=N/OCc2ccccc2-c2ccccc2)c1. The van der Waals surface area contributed by atoms with Crippen LogP contribution in [0.2, 0.25) is 0 Å². The van der Waals surface area contributed by atoms with E-state index in [1.54, 1.807) is 0 Å². The van der Waals surface area contributed by atoms with E-state index >= 15 is 0 Å². The molecule has 0 saturated carbocycles. The maximum Gasteiger partial charge on any atom is 0.142 e. The molecule has 0 saturated heterocycles. The first-order chi connectivity index (χ1) is 11.9. The van der Waals surface area contributed by atoms with Gasteiger partial charge in [0.1, 0.15) is 12.8 Å². The summed E-state index contributed by atoms with van der Waals surface area (Å²) < 4.78 is 0. The first-order valence-electron chi connectivity index (χ1n) is 8.17. The summed E-state index contributed by atoms with van der Waals surface area (Å²) in [7, 11) is 0. The lowest BCUT2D eigenvalue weighted by Gasteiger charge is -2.08. The van der Waals surface area contributed by atoms with E-state index in [4.69, 9.17) is 4.84 Å². The quantitative estimate of drug-likeness (QED) is 0.444. The van der Waals surface area contributed by atoms with Crippen molar-refractivity contribution in [3.8, 4) is 11.1 Å². The Hall–Kier alpha value is -2.87. The minimum atomic E-state index is 0.422. The molecule has 2 heteroatoms. The van der Waals surface area contributed by atoms with Gasteiger partial charge in [0.05, 0.1) is 0 Å². The van der Waals surface area contributed by atoms with Gasteiger partial charge in [-0.05, 0) is 34.7 Å². The van der Waals surface area contributed by atoms with E-state index in [2.05, 4.69) is 54.7 Å². The van der Waals surface area contributed by atoms with Crippen LogP contribution in [-0.4, -0.2) is 6.21 Å². The Labute approximate surface area is 143 Å². The zero-order chi connectivity index (χ0) is 16.6. The van der Waals surface area contributed by atoms with Gasteiger partial charge in [0.25, 0.3) is 0 Å². The molecule has 3 aromatic carbocycles. The molecule has 3 aromatic rings. The van der Waals surface area contributed by atoms with Crippen LogP contribution in [0.1, 0.15) is 23.6 Å². The van der Waals surface area contributed by atoms with Crippen LogP contribution in [0.3, 0.4) is 0 Å². The predicted octanol–water partition coefficient (Wildman–Crippen LogP) is 5.34. The minimum Gasteiger partial charge on any atom is -0.390 e. The number of hydrogen-bond acceptors (Lipinski definition) is 2. The lowest BCUT2D eigenvalue weighted by Crippen LogP contribution is -1.92. The molecule has 24 heavy (non-hydrogen) atoms. The zero-order valence-electron chi connectivity index (χ0n) is 13.8. The van der Waals surface area contributed by atoms with Gasteiger partial charge in [0.15, 0.2) is 0 Å². The van der Waals surface area contributed by atoms with Crippen molar-refractivity contribution in [2.24, 2.45) is 5.16 Å². The summed E-state index contributed by atoms with van der Waals surface area (Å²) in [5, 5.41) is 4.00. The molecule has 119 valence electrons. The van der Waals surface area contributed by atoms with Gasteiger partial charge in [0.2, 0.25) is 0 Å². The summed E-state index contributed by atoms with van der Waals surface area (Å²) in [5.74, 6) is 0. The molecule has 0 unspecified atom stereocenters. The summed E-state index contributed by atoms with van der Waals surface area (Å²) in [6, 6.07) is 26.7. The van der Waals surface area contributed by atoms with Crippen LogP contribution in [-0.2, 0) is 17.9 Å². The molecular formula is C22H20NO. The molecule has 0 atom stereocenters. The second-order valence-electron chi connectivity index (χ2n) is 5.55. The molecule has 0 spiro atoms. The average molecular weight is 314 g/mol. The Kier molecular flexibility index (Phi) is 5.41. The molecule has 0 fully saturated rings. The second-order valence-corrected chi connectivity index (χ2v) is 5.55. The smallest absolute Gasteiger partial charge is 0.142 e. The largest absolute Gasteiger partial charge is 0.390 e. The first kappa shape index (κ1) is 16.0. The third-order valence-corrected chi connectivity index (χ3v) is 3.90. The summed E-state index contributed by atoms with van der Waals surface area (Å²) >= 11 is 0. The highest BCUT2D eigenvalue weighted by Gasteiger charge is 2.04. The number of benzene rings is 3. The lowest BCUT2D eigenvalue weighted by molar-refractivity contribution is 0.132. The van der Waals surface area contributed by atoms with E-state index in [0.29, 0.717) is 6.61 Å². The summed E-state index contributed by atoms with van der Waals surface area (Å²) in [6.07, 6.45) is 3.95. The van der Waals surface area contributed by atoms with Crippen LogP contribution in [0.4, 0.5) is 0 Å². The van der Waals surface area contributed by atoms with Crippen molar-refractivity contribution in [3.63, 3.8) is 0 Å². The van der Waals surface area contributed by atoms with Crippen molar-refractivity contribution in [2.45, 2.75) is 20.0 Å². The maximum atomic E-state index is 5.47. The van der Waals surface area contributed by atoms with Gasteiger partial charge >= 0.3 is 0 Å². The van der Waals surface area contributed by atoms with Crippen molar-refractivity contribution in [1.29, 1.82) is 0 Å². The zero-order valence-corrected chi connectivity index (χ0v) is 13.8. The minimum absolute atomic E-state index is 0.422. The van der Waals surface area contributed by atoms with Gasteiger partial charge in [-0.25, -0.2) is 0 Å². The topological polar surface area (TPSA) is 21.6 Å². The molecule has 2 nitrogen and oxygen atoms in total. The summed E-state index contributed by atoms with van der Waals surface area (Å²) in [6.45, 7) is 2.55. The second kappa shape index (κ2) is 8.11. The van der Waals surface area contributed by atoms with E-state index in [-0.39, 0.29) is 0 Å². The number of rotatable bonds is 6. The summed E-state index contributed by atoms with van der Waals surface area (Å²) in [5.41, 5.74) is 5.66. The molecular weight excluding hydrogens is 294 g/mol. The van der Waals surface area contributed by atoms with E-state index in [9.17, 15) is 0 Å². The van der Waals surface area contributed by atoms with Gasteiger partial charge in [-0.2, -0.15) is 0 Å². The third-order valence-electron chi connectivity index (χ3n) is 3.90. The third kappa shape index (κ3) is 4.11. The maximum absolute atomic E-state index is 5.47. The Morgan fingerprint density at radius 3 is 2.50 bits per heavy atom. The first-order valence-corrected chi connectivity index (χ1v) is 8.17. The molecule has 0 bridgehead atoms. The van der Waals surface area contributed by atoms with E-state index < -0.39 is 0 Å². The van der Waals surface area contributed by atoms with Crippen molar-refractivity contribution in [1.82, 2.24) is 0 Å². The van der Waals surface area contributed by atoms with Gasteiger partial charge < -0.3 is 4.84 Å². The van der Waals surface area contributed by atoms with Crippen LogP contribution in [0.5, 0.6) is 0 Å². The van der Waals surface area contributed by atoms with Crippen molar-refractivity contribution in [2.75, 3.05) is 0 Å². The van der Waals surface area contributed by atoms with Gasteiger partial charge in [-0.15, -0.1) is 0 Å². The van der Waals surface area contributed by atoms with Crippen LogP contribution in [0, 0.1) is 0 Å². The molecule has 0 amide bonds. The van der Waals surface area contributed by atoms with E-state index in [1.165, 1.54) is 16.7 Å². The van der Waals surface area contributed by atoms with Gasteiger partial charge in [-0.1, -0.05) is 84.9 Å². The molecule has 3 rings (SSSR count). The molecule has 0 aromatic heterocycles. The Morgan fingerprint density at radius 1 is 0.875 bits per heavy atom. The fraction of sp³-hybridized carbons (Fsp3) is 0.136. The number of nitrogens with zero attached hydrogens (tertiary/aromatic N) is 1. The normalized spacial score (nSPS) is 10.9. The van der Waals surface area contributed by atoms with Crippen LogP contribution < -0.4 is 0 Å². The van der Waals surface area contributed by atoms with Crippen LogP contribution >= 0.6 is 0 Å². The monoisotopic (exact) mass is 314 g/mol. The Morgan fingerprint density at radius 2 is 1.67 bits per heavy atom. The highest BCUT2D eigenvalue weighted by molar-refractivity contribution is 5.79. The lowest BCUT2D eigenvalue weighted by atomic mass is 10.0. The number of aryl methyl sites for hydroxylation is 1. The van der Waals surface area contributed by atoms with Gasteiger partial charge in [-0.3, -0.25) is 0 Å². The highest BCUT2D eigenvalue weighted by Crippen LogP contribution is 2.23. The van der Waals surface area contributed by atoms with Gasteiger partial charge in [0, 0.05) is 5.56 Å². The molecule has 0 heterocycles. The molecule has 1 radical (unpaired) electrons. The molecule has 0 aliphatic carbocycles. The fourth-order valence-electron chi connectivity index (χ4n) is 2.59.